The lowest BCUT2D eigenvalue weighted by Crippen LogP contribution is -2.34. The van der Waals surface area contributed by atoms with Crippen LogP contribution in [0.15, 0.2) is 24.3 Å². The number of para-hydroxylation sites is 1. The standard InChI is InChI=1S/C14H22N2O3/c1-4-16(10-9-15-14(17)19-3)11-12-7-5-6-8-13(12)18-2/h5-8H,4,9-11H2,1-3H3,(H,15,17). The summed E-state index contributed by atoms with van der Waals surface area (Å²) in [5.74, 6) is 0.891. The summed E-state index contributed by atoms with van der Waals surface area (Å²) in [4.78, 5) is 13.2. The molecule has 0 fully saturated rings. The fourth-order valence-corrected chi connectivity index (χ4v) is 1.81. The Morgan fingerprint density at radius 3 is 2.68 bits per heavy atom. The Labute approximate surface area is 114 Å². The van der Waals surface area contributed by atoms with E-state index >= 15 is 0 Å². The van der Waals surface area contributed by atoms with E-state index in [9.17, 15) is 4.79 Å². The quantitative estimate of drug-likeness (QED) is 0.818. The summed E-state index contributed by atoms with van der Waals surface area (Å²) >= 11 is 0. The molecular formula is C14H22N2O3. The average molecular weight is 266 g/mol. The van der Waals surface area contributed by atoms with Crippen LogP contribution in [0.5, 0.6) is 5.75 Å². The van der Waals surface area contributed by atoms with Gasteiger partial charge in [-0.15, -0.1) is 0 Å². The van der Waals surface area contributed by atoms with Gasteiger partial charge >= 0.3 is 6.09 Å². The van der Waals surface area contributed by atoms with Gasteiger partial charge in [0.1, 0.15) is 5.75 Å². The van der Waals surface area contributed by atoms with Gasteiger partial charge in [0.25, 0.3) is 0 Å². The SMILES string of the molecule is CCN(CCNC(=O)OC)Cc1ccccc1OC. The van der Waals surface area contributed by atoms with E-state index in [1.165, 1.54) is 7.11 Å². The van der Waals surface area contributed by atoms with Crippen molar-refractivity contribution in [2.45, 2.75) is 13.5 Å². The molecule has 0 spiro atoms. The van der Waals surface area contributed by atoms with Crippen molar-refractivity contribution in [1.82, 2.24) is 10.2 Å². The van der Waals surface area contributed by atoms with Crippen LogP contribution in [0.1, 0.15) is 12.5 Å². The number of carbonyl (C=O) groups excluding carboxylic acids is 1. The van der Waals surface area contributed by atoms with Gasteiger partial charge in [0.05, 0.1) is 14.2 Å². The Morgan fingerprint density at radius 2 is 2.05 bits per heavy atom. The fourth-order valence-electron chi connectivity index (χ4n) is 1.81. The molecule has 0 heterocycles. The predicted molar refractivity (Wildman–Crippen MR) is 74.4 cm³/mol. The Bertz CT molecular complexity index is 396. The molecule has 0 saturated carbocycles. The zero-order valence-electron chi connectivity index (χ0n) is 11.8. The first-order valence-electron chi connectivity index (χ1n) is 6.37. The van der Waals surface area contributed by atoms with Crippen LogP contribution < -0.4 is 10.1 Å². The summed E-state index contributed by atoms with van der Waals surface area (Å²) in [5, 5.41) is 2.68. The van der Waals surface area contributed by atoms with Crippen LogP contribution in [-0.4, -0.2) is 44.8 Å². The normalized spacial score (nSPS) is 10.3. The highest BCUT2D eigenvalue weighted by atomic mass is 16.5. The second-order valence-corrected chi connectivity index (χ2v) is 4.10. The maximum absolute atomic E-state index is 11.0. The molecule has 1 rings (SSSR count). The topological polar surface area (TPSA) is 50.8 Å². The number of hydrogen-bond donors (Lipinski definition) is 1. The number of nitrogens with one attached hydrogen (secondary N) is 1. The third kappa shape index (κ3) is 5.18. The van der Waals surface area contributed by atoms with Crippen molar-refractivity contribution in [3.8, 4) is 5.75 Å². The maximum atomic E-state index is 11.0. The lowest BCUT2D eigenvalue weighted by molar-refractivity contribution is 0.168. The number of carbonyl (C=O) groups is 1. The largest absolute Gasteiger partial charge is 0.496 e. The van der Waals surface area contributed by atoms with Gasteiger partial charge < -0.3 is 14.8 Å². The molecule has 106 valence electrons. The van der Waals surface area contributed by atoms with Crippen molar-refractivity contribution >= 4 is 6.09 Å². The molecule has 0 saturated heterocycles. The molecule has 1 amide bonds. The van der Waals surface area contributed by atoms with Crippen LogP contribution in [0.4, 0.5) is 4.79 Å². The molecular weight excluding hydrogens is 244 g/mol. The number of amides is 1. The number of rotatable bonds is 7. The number of ether oxygens (including phenoxy) is 2. The summed E-state index contributed by atoms with van der Waals surface area (Å²) in [6.07, 6.45) is -0.395. The molecule has 0 aromatic heterocycles. The van der Waals surface area contributed by atoms with E-state index in [2.05, 4.69) is 27.9 Å². The molecule has 5 heteroatoms. The van der Waals surface area contributed by atoms with E-state index in [1.54, 1.807) is 7.11 Å². The number of benzene rings is 1. The lowest BCUT2D eigenvalue weighted by atomic mass is 10.2. The van der Waals surface area contributed by atoms with Crippen molar-refractivity contribution in [3.63, 3.8) is 0 Å². The van der Waals surface area contributed by atoms with Gasteiger partial charge in [-0.05, 0) is 12.6 Å². The summed E-state index contributed by atoms with van der Waals surface area (Å²) in [6, 6.07) is 7.96. The van der Waals surface area contributed by atoms with Gasteiger partial charge in [0, 0.05) is 25.2 Å². The van der Waals surface area contributed by atoms with E-state index in [0.29, 0.717) is 6.54 Å². The smallest absolute Gasteiger partial charge is 0.406 e. The molecule has 0 aliphatic heterocycles. The lowest BCUT2D eigenvalue weighted by Gasteiger charge is -2.21. The van der Waals surface area contributed by atoms with E-state index < -0.39 is 6.09 Å². The van der Waals surface area contributed by atoms with Crippen LogP contribution in [0.2, 0.25) is 0 Å². The van der Waals surface area contributed by atoms with Crippen molar-refractivity contribution < 1.29 is 14.3 Å². The van der Waals surface area contributed by atoms with Crippen LogP contribution in [0.25, 0.3) is 0 Å². The van der Waals surface area contributed by atoms with Crippen LogP contribution in [-0.2, 0) is 11.3 Å². The summed E-state index contributed by atoms with van der Waals surface area (Å²) in [5.41, 5.74) is 1.14. The van der Waals surface area contributed by atoms with Crippen LogP contribution in [0, 0.1) is 0 Å². The zero-order valence-corrected chi connectivity index (χ0v) is 11.8. The minimum atomic E-state index is -0.395. The Kier molecular flexibility index (Phi) is 6.74. The average Bonchev–Trinajstić information content (AvgIpc) is 2.46. The number of hydrogen-bond acceptors (Lipinski definition) is 4. The molecule has 1 aromatic rings. The number of methoxy groups -OCH3 is 2. The number of likely N-dealkylation sites (N-methyl/N-ethyl adjacent to an activating group) is 1. The van der Waals surface area contributed by atoms with Gasteiger partial charge in [-0.3, -0.25) is 4.90 Å². The highest BCUT2D eigenvalue weighted by Crippen LogP contribution is 2.18. The molecule has 0 bridgehead atoms. The summed E-state index contributed by atoms with van der Waals surface area (Å²) < 4.78 is 9.87. The third-order valence-electron chi connectivity index (χ3n) is 2.92. The molecule has 0 atom stereocenters. The predicted octanol–water partition coefficient (Wildman–Crippen LogP) is 1.87. The Balaban J connectivity index is 2.49. The van der Waals surface area contributed by atoms with Gasteiger partial charge in [0.2, 0.25) is 0 Å². The highest BCUT2D eigenvalue weighted by Gasteiger charge is 2.08. The Morgan fingerprint density at radius 1 is 1.32 bits per heavy atom. The van der Waals surface area contributed by atoms with Gasteiger partial charge in [-0.1, -0.05) is 25.1 Å². The van der Waals surface area contributed by atoms with Gasteiger partial charge in [-0.2, -0.15) is 0 Å². The number of alkyl carbamates (subject to hydrolysis) is 1. The monoisotopic (exact) mass is 266 g/mol. The first-order valence-corrected chi connectivity index (χ1v) is 6.37. The summed E-state index contributed by atoms with van der Waals surface area (Å²) in [6.45, 7) is 5.12. The van der Waals surface area contributed by atoms with E-state index in [4.69, 9.17) is 4.74 Å². The molecule has 5 nitrogen and oxygen atoms in total. The number of nitrogens with zero attached hydrogens (tertiary/aromatic N) is 1. The maximum Gasteiger partial charge on any atom is 0.406 e. The second-order valence-electron chi connectivity index (χ2n) is 4.10. The molecule has 19 heavy (non-hydrogen) atoms. The third-order valence-corrected chi connectivity index (χ3v) is 2.92. The molecule has 0 aliphatic carbocycles. The van der Waals surface area contributed by atoms with Crippen molar-refractivity contribution in [3.05, 3.63) is 29.8 Å². The van der Waals surface area contributed by atoms with E-state index in [-0.39, 0.29) is 0 Å². The molecule has 0 aliphatic rings. The Hall–Kier alpha value is -1.75. The molecule has 0 radical (unpaired) electrons. The minimum absolute atomic E-state index is 0.395. The van der Waals surface area contributed by atoms with Crippen molar-refractivity contribution in [1.29, 1.82) is 0 Å². The van der Waals surface area contributed by atoms with Crippen LogP contribution >= 0.6 is 0 Å². The van der Waals surface area contributed by atoms with Crippen molar-refractivity contribution in [2.75, 3.05) is 33.9 Å². The van der Waals surface area contributed by atoms with Gasteiger partial charge in [0.15, 0.2) is 0 Å². The van der Waals surface area contributed by atoms with Crippen LogP contribution in [0.3, 0.4) is 0 Å². The molecule has 1 N–H and O–H groups in total. The van der Waals surface area contributed by atoms with Crippen molar-refractivity contribution in [2.24, 2.45) is 0 Å². The molecule has 1 aromatic carbocycles. The summed E-state index contributed by atoms with van der Waals surface area (Å²) in [7, 11) is 3.04. The van der Waals surface area contributed by atoms with Gasteiger partial charge in [-0.25, -0.2) is 4.79 Å². The highest BCUT2D eigenvalue weighted by molar-refractivity contribution is 5.66. The fraction of sp³-hybridized carbons (Fsp3) is 0.500. The molecule has 0 unspecified atom stereocenters. The van der Waals surface area contributed by atoms with E-state index in [0.717, 1.165) is 30.9 Å². The first kappa shape index (κ1) is 15.3. The zero-order chi connectivity index (χ0) is 14.1. The first-order chi connectivity index (χ1) is 9.21. The van der Waals surface area contributed by atoms with E-state index in [1.807, 2.05) is 18.2 Å². The minimum Gasteiger partial charge on any atom is -0.496 e. The second kappa shape index (κ2) is 8.37.